The maximum Gasteiger partial charge on any atom is 0.0111 e. The summed E-state index contributed by atoms with van der Waals surface area (Å²) in [6.07, 6.45) is 9.66. The van der Waals surface area contributed by atoms with Gasteiger partial charge in [-0.05, 0) is 43.9 Å². The summed E-state index contributed by atoms with van der Waals surface area (Å²) in [5.74, 6) is 0.734. The highest BCUT2D eigenvalue weighted by atomic mass is 31.1. The van der Waals surface area contributed by atoms with E-state index < -0.39 is 0 Å². The van der Waals surface area contributed by atoms with E-state index >= 15 is 0 Å². The molecule has 1 nitrogen and oxygen atoms in total. The fraction of sp³-hybridized carbons (Fsp3) is 0.750. The van der Waals surface area contributed by atoms with Gasteiger partial charge in [0.15, 0.2) is 0 Å². The molecule has 0 amide bonds. The van der Waals surface area contributed by atoms with Crippen LogP contribution < -0.4 is 5.50 Å². The average Bonchev–Trinajstić information content (AvgIpc) is 2.26. The van der Waals surface area contributed by atoms with E-state index in [9.17, 15) is 0 Å². The second-order valence-electron chi connectivity index (χ2n) is 7.13. The molecule has 2 heteroatoms. The molecule has 0 saturated heterocycles. The third kappa shape index (κ3) is 3.45. The predicted molar refractivity (Wildman–Crippen MR) is 85.1 cm³/mol. The Morgan fingerprint density at radius 3 is 2.28 bits per heavy atom. The lowest BCUT2D eigenvalue weighted by Gasteiger charge is -2.45. The van der Waals surface area contributed by atoms with E-state index in [4.69, 9.17) is 5.50 Å². The molecule has 1 unspecified atom stereocenters. The third-order valence-corrected chi connectivity index (χ3v) is 5.15. The topological polar surface area (TPSA) is 26.0 Å². The number of allylic oxidation sites excluding steroid dienone is 4. The van der Waals surface area contributed by atoms with Crippen LogP contribution in [0.5, 0.6) is 0 Å². The molecular weight excluding hydrogens is 237 g/mol. The predicted octanol–water partition coefficient (Wildman–Crippen LogP) is 4.89. The van der Waals surface area contributed by atoms with Gasteiger partial charge in [-0.3, -0.25) is 0 Å². The highest BCUT2D eigenvalue weighted by molar-refractivity contribution is 7.36. The van der Waals surface area contributed by atoms with Crippen LogP contribution >= 0.6 is 8.73 Å². The molecule has 0 aromatic heterocycles. The minimum atomic E-state index is 0.308. The first-order valence-electron chi connectivity index (χ1n) is 7.07. The van der Waals surface area contributed by atoms with Gasteiger partial charge in [-0.2, -0.15) is 0 Å². The van der Waals surface area contributed by atoms with Crippen LogP contribution in [0.4, 0.5) is 0 Å². The fourth-order valence-electron chi connectivity index (χ4n) is 2.85. The summed E-state index contributed by atoms with van der Waals surface area (Å²) < 4.78 is 0. The number of nitrogens with two attached hydrogens (primary N) is 1. The molecule has 0 saturated carbocycles. The zero-order valence-electron chi connectivity index (χ0n) is 12.9. The van der Waals surface area contributed by atoms with Crippen molar-refractivity contribution in [2.75, 3.05) is 0 Å². The molecule has 0 heterocycles. The monoisotopic (exact) mass is 267 g/mol. The Labute approximate surface area is 115 Å². The molecule has 0 spiro atoms. The highest BCUT2D eigenvalue weighted by Crippen LogP contribution is 2.50. The van der Waals surface area contributed by atoms with E-state index in [1.54, 1.807) is 0 Å². The van der Waals surface area contributed by atoms with Gasteiger partial charge in [-0.1, -0.05) is 59.8 Å². The summed E-state index contributed by atoms with van der Waals surface area (Å²) in [7, 11) is 0.508. The van der Waals surface area contributed by atoms with Crippen LogP contribution in [0.15, 0.2) is 23.8 Å². The van der Waals surface area contributed by atoms with E-state index in [1.807, 2.05) is 0 Å². The average molecular weight is 267 g/mol. The van der Waals surface area contributed by atoms with Crippen LogP contribution in [0.3, 0.4) is 0 Å². The summed E-state index contributed by atoms with van der Waals surface area (Å²) in [6.45, 7) is 14.0. The third-order valence-electron chi connectivity index (χ3n) is 4.31. The lowest BCUT2D eigenvalue weighted by molar-refractivity contribution is 0.115. The molecule has 18 heavy (non-hydrogen) atoms. The zero-order chi connectivity index (χ0) is 14.0. The molecule has 3 atom stereocenters. The van der Waals surface area contributed by atoms with Crippen LogP contribution in [0.1, 0.15) is 54.4 Å². The lowest BCUT2D eigenvalue weighted by Crippen LogP contribution is -2.36. The standard InChI is InChI=1S/C16H30NP/c1-12(2)11-16(15(4,5)6)9-7-14(8-10-16)13(3)18-17/h7-9,12-13,18H,10-11,17H2,1-6H3/t13-,16-/m0/s1. The molecule has 0 bridgehead atoms. The van der Waals surface area contributed by atoms with Gasteiger partial charge in [-0.15, -0.1) is 0 Å². The van der Waals surface area contributed by atoms with Crippen molar-refractivity contribution in [3.05, 3.63) is 23.8 Å². The van der Waals surface area contributed by atoms with Crippen LogP contribution in [0.2, 0.25) is 0 Å². The molecule has 1 rings (SSSR count). The fourth-order valence-corrected chi connectivity index (χ4v) is 3.26. The maximum atomic E-state index is 5.79. The Morgan fingerprint density at radius 2 is 1.94 bits per heavy atom. The minimum Gasteiger partial charge on any atom is -0.312 e. The van der Waals surface area contributed by atoms with Gasteiger partial charge in [0, 0.05) is 5.66 Å². The van der Waals surface area contributed by atoms with E-state index in [-0.39, 0.29) is 0 Å². The van der Waals surface area contributed by atoms with E-state index in [0.29, 0.717) is 25.2 Å². The lowest BCUT2D eigenvalue weighted by atomic mass is 9.59. The largest absolute Gasteiger partial charge is 0.312 e. The first-order chi connectivity index (χ1) is 8.22. The molecule has 0 aliphatic heterocycles. The Balaban J connectivity index is 2.94. The molecule has 0 fully saturated rings. The number of rotatable bonds is 4. The van der Waals surface area contributed by atoms with E-state index in [0.717, 1.165) is 12.3 Å². The van der Waals surface area contributed by atoms with Gasteiger partial charge >= 0.3 is 0 Å². The van der Waals surface area contributed by atoms with Crippen molar-refractivity contribution in [1.29, 1.82) is 0 Å². The Hall–Kier alpha value is -0.130. The smallest absolute Gasteiger partial charge is 0.0111 e. The van der Waals surface area contributed by atoms with Gasteiger partial charge in [0.25, 0.3) is 0 Å². The zero-order valence-corrected chi connectivity index (χ0v) is 13.9. The molecule has 0 aromatic rings. The normalized spacial score (nSPS) is 27.0. The highest BCUT2D eigenvalue weighted by Gasteiger charge is 2.40. The van der Waals surface area contributed by atoms with E-state index in [1.165, 1.54) is 12.0 Å². The van der Waals surface area contributed by atoms with Crippen molar-refractivity contribution in [3.63, 3.8) is 0 Å². The second kappa shape index (κ2) is 5.88. The number of hydrogen-bond donors (Lipinski definition) is 1. The van der Waals surface area contributed by atoms with Crippen molar-refractivity contribution in [2.45, 2.75) is 60.0 Å². The van der Waals surface area contributed by atoms with Gasteiger partial charge in [0.2, 0.25) is 0 Å². The van der Waals surface area contributed by atoms with Crippen molar-refractivity contribution in [3.8, 4) is 0 Å². The minimum absolute atomic E-state index is 0.308. The molecule has 104 valence electrons. The molecule has 2 N–H and O–H groups in total. The van der Waals surface area contributed by atoms with Gasteiger partial charge in [0.1, 0.15) is 0 Å². The van der Waals surface area contributed by atoms with Crippen molar-refractivity contribution in [2.24, 2.45) is 22.3 Å². The molecule has 1 aliphatic rings. The van der Waals surface area contributed by atoms with Crippen molar-refractivity contribution in [1.82, 2.24) is 0 Å². The second-order valence-corrected chi connectivity index (χ2v) is 8.33. The number of hydrogen-bond acceptors (Lipinski definition) is 1. The maximum absolute atomic E-state index is 5.79. The summed E-state index contributed by atoms with van der Waals surface area (Å²) >= 11 is 0. The Morgan fingerprint density at radius 1 is 1.33 bits per heavy atom. The first kappa shape index (κ1) is 15.9. The van der Waals surface area contributed by atoms with Crippen molar-refractivity contribution >= 4 is 8.73 Å². The molecule has 0 radical (unpaired) electrons. The van der Waals surface area contributed by atoms with E-state index in [2.05, 4.69) is 59.8 Å². The molecule has 1 aliphatic carbocycles. The van der Waals surface area contributed by atoms with Crippen molar-refractivity contribution < 1.29 is 0 Å². The van der Waals surface area contributed by atoms with Gasteiger partial charge in [0.05, 0.1) is 0 Å². The van der Waals surface area contributed by atoms with Gasteiger partial charge in [-0.25, -0.2) is 0 Å². The van der Waals surface area contributed by atoms with Crippen LogP contribution in [0, 0.1) is 16.7 Å². The summed E-state index contributed by atoms with van der Waals surface area (Å²) in [5.41, 5.74) is 8.35. The first-order valence-corrected chi connectivity index (χ1v) is 8.23. The summed E-state index contributed by atoms with van der Waals surface area (Å²) in [6, 6.07) is 0. The molecule has 0 aromatic carbocycles. The molecular formula is C16H30NP. The quantitative estimate of drug-likeness (QED) is 0.721. The Kier molecular flexibility index (Phi) is 5.21. The van der Waals surface area contributed by atoms with Crippen LogP contribution in [0.25, 0.3) is 0 Å². The summed E-state index contributed by atoms with van der Waals surface area (Å²) in [4.78, 5) is 0. The van der Waals surface area contributed by atoms with Gasteiger partial charge < -0.3 is 5.50 Å². The SMILES string of the molecule is CC(C)C[C@]1(C(C)(C)C)C=CC([C@H](C)PN)=CC1. The van der Waals surface area contributed by atoms with Crippen LogP contribution in [-0.4, -0.2) is 5.66 Å². The Bertz CT molecular complexity index is 335. The summed E-state index contributed by atoms with van der Waals surface area (Å²) in [5, 5.41) is 0. The van der Waals surface area contributed by atoms with Crippen LogP contribution in [-0.2, 0) is 0 Å².